The standard InChI is InChI=1S/C23H19N3O/c1-16-7-9-17(10-8-16)15-26-21-12-11-18(13-22(21)25(2)23(26)27)20-6-4-3-5-19(20)14-24/h3-13H,15H2,1-2H3. The van der Waals surface area contributed by atoms with Gasteiger partial charge in [0.2, 0.25) is 0 Å². The van der Waals surface area contributed by atoms with E-state index >= 15 is 0 Å². The van der Waals surface area contributed by atoms with E-state index in [4.69, 9.17) is 0 Å². The first kappa shape index (κ1) is 16.9. The van der Waals surface area contributed by atoms with Crippen LogP contribution in [0.3, 0.4) is 0 Å². The predicted molar refractivity (Wildman–Crippen MR) is 108 cm³/mol. The van der Waals surface area contributed by atoms with Gasteiger partial charge in [-0.25, -0.2) is 4.79 Å². The summed E-state index contributed by atoms with van der Waals surface area (Å²) in [5.41, 5.74) is 6.43. The van der Waals surface area contributed by atoms with E-state index in [1.807, 2.05) is 36.4 Å². The van der Waals surface area contributed by atoms with Crippen LogP contribution in [0.15, 0.2) is 71.5 Å². The third-order valence-electron chi connectivity index (χ3n) is 4.97. The maximum Gasteiger partial charge on any atom is 0.329 e. The summed E-state index contributed by atoms with van der Waals surface area (Å²) in [5, 5.41) is 9.37. The molecule has 3 aromatic carbocycles. The van der Waals surface area contributed by atoms with Crippen LogP contribution in [0.2, 0.25) is 0 Å². The highest BCUT2D eigenvalue weighted by Gasteiger charge is 2.13. The molecule has 4 heteroatoms. The van der Waals surface area contributed by atoms with Crippen molar-refractivity contribution in [1.29, 1.82) is 5.26 Å². The molecule has 0 aliphatic rings. The SMILES string of the molecule is Cc1ccc(Cn2c(=O)n(C)c3cc(-c4ccccc4C#N)ccc32)cc1. The molecule has 4 aromatic rings. The molecule has 4 nitrogen and oxygen atoms in total. The fraction of sp³-hybridized carbons (Fsp3) is 0.130. The summed E-state index contributed by atoms with van der Waals surface area (Å²) in [7, 11) is 1.79. The van der Waals surface area contributed by atoms with Crippen molar-refractivity contribution in [2.45, 2.75) is 13.5 Å². The molecule has 4 rings (SSSR count). The van der Waals surface area contributed by atoms with E-state index in [1.165, 1.54) is 5.56 Å². The van der Waals surface area contributed by atoms with Gasteiger partial charge in [0.1, 0.15) is 0 Å². The number of aromatic nitrogens is 2. The van der Waals surface area contributed by atoms with Crippen LogP contribution >= 0.6 is 0 Å². The Kier molecular flexibility index (Phi) is 4.13. The Morgan fingerprint density at radius 1 is 0.963 bits per heavy atom. The van der Waals surface area contributed by atoms with Crippen LogP contribution in [0, 0.1) is 18.3 Å². The lowest BCUT2D eigenvalue weighted by Crippen LogP contribution is -2.22. The van der Waals surface area contributed by atoms with Gasteiger partial charge in [0.25, 0.3) is 0 Å². The van der Waals surface area contributed by atoms with Crippen LogP contribution in [0.1, 0.15) is 16.7 Å². The highest BCUT2D eigenvalue weighted by atomic mass is 16.1. The second-order valence-electron chi connectivity index (χ2n) is 6.77. The Labute approximate surface area is 157 Å². The number of hydrogen-bond acceptors (Lipinski definition) is 2. The van der Waals surface area contributed by atoms with E-state index in [-0.39, 0.29) is 5.69 Å². The summed E-state index contributed by atoms with van der Waals surface area (Å²) in [5.74, 6) is 0. The maximum atomic E-state index is 12.8. The molecule has 0 aliphatic heterocycles. The maximum absolute atomic E-state index is 12.8. The van der Waals surface area contributed by atoms with Crippen LogP contribution < -0.4 is 5.69 Å². The Balaban J connectivity index is 1.84. The minimum atomic E-state index is -0.0451. The number of nitriles is 1. The van der Waals surface area contributed by atoms with Crippen molar-refractivity contribution in [2.24, 2.45) is 7.05 Å². The highest BCUT2D eigenvalue weighted by Crippen LogP contribution is 2.27. The fourth-order valence-electron chi connectivity index (χ4n) is 3.44. The van der Waals surface area contributed by atoms with Crippen molar-refractivity contribution >= 4 is 11.0 Å². The Hall–Kier alpha value is -3.58. The number of fused-ring (bicyclic) bond motifs is 1. The number of benzene rings is 3. The van der Waals surface area contributed by atoms with Gasteiger partial charge in [-0.05, 0) is 41.8 Å². The largest absolute Gasteiger partial charge is 0.329 e. The summed E-state index contributed by atoms with van der Waals surface area (Å²) in [6.07, 6.45) is 0. The zero-order valence-corrected chi connectivity index (χ0v) is 15.3. The van der Waals surface area contributed by atoms with Gasteiger partial charge in [0.15, 0.2) is 0 Å². The van der Waals surface area contributed by atoms with Crippen molar-refractivity contribution in [3.05, 3.63) is 93.9 Å². The normalized spacial score (nSPS) is 10.9. The molecule has 0 atom stereocenters. The molecule has 0 N–H and O–H groups in total. The second-order valence-corrected chi connectivity index (χ2v) is 6.77. The summed E-state index contributed by atoms with van der Waals surface area (Å²) in [4.78, 5) is 12.8. The first-order valence-electron chi connectivity index (χ1n) is 8.83. The van der Waals surface area contributed by atoms with Gasteiger partial charge in [-0.3, -0.25) is 9.13 Å². The summed E-state index contributed by atoms with van der Waals surface area (Å²) in [6, 6.07) is 23.9. The molecule has 27 heavy (non-hydrogen) atoms. The topological polar surface area (TPSA) is 50.7 Å². The molecule has 1 heterocycles. The lowest BCUT2D eigenvalue weighted by atomic mass is 10.00. The van der Waals surface area contributed by atoms with Crippen molar-refractivity contribution in [1.82, 2.24) is 9.13 Å². The molecule has 0 amide bonds. The van der Waals surface area contributed by atoms with Gasteiger partial charge in [-0.1, -0.05) is 54.1 Å². The molecule has 0 spiro atoms. The highest BCUT2D eigenvalue weighted by molar-refractivity contribution is 5.84. The molecular weight excluding hydrogens is 334 g/mol. The molecule has 1 aromatic heterocycles. The number of imidazole rings is 1. The number of rotatable bonds is 3. The summed E-state index contributed by atoms with van der Waals surface area (Å²) in [6.45, 7) is 2.58. The van der Waals surface area contributed by atoms with Crippen LogP contribution in [0.4, 0.5) is 0 Å². The molecule has 0 unspecified atom stereocenters. The van der Waals surface area contributed by atoms with Gasteiger partial charge in [-0.2, -0.15) is 5.26 Å². The average Bonchev–Trinajstić information content (AvgIpc) is 2.94. The predicted octanol–water partition coefficient (Wildman–Crippen LogP) is 4.24. The van der Waals surface area contributed by atoms with Crippen LogP contribution in [-0.2, 0) is 13.6 Å². The van der Waals surface area contributed by atoms with E-state index in [2.05, 4.69) is 37.3 Å². The van der Waals surface area contributed by atoms with Crippen molar-refractivity contribution in [3.63, 3.8) is 0 Å². The van der Waals surface area contributed by atoms with E-state index in [9.17, 15) is 10.1 Å². The third kappa shape index (κ3) is 2.94. The fourth-order valence-corrected chi connectivity index (χ4v) is 3.44. The van der Waals surface area contributed by atoms with E-state index in [1.54, 1.807) is 22.2 Å². The van der Waals surface area contributed by atoms with Gasteiger partial charge < -0.3 is 0 Å². The molecule has 0 radical (unpaired) electrons. The van der Waals surface area contributed by atoms with E-state index in [0.29, 0.717) is 12.1 Å². The molecule has 0 saturated carbocycles. The molecule has 0 saturated heterocycles. The van der Waals surface area contributed by atoms with Crippen LogP contribution in [-0.4, -0.2) is 9.13 Å². The van der Waals surface area contributed by atoms with Gasteiger partial charge in [-0.15, -0.1) is 0 Å². The van der Waals surface area contributed by atoms with Crippen molar-refractivity contribution < 1.29 is 0 Å². The Bertz CT molecular complexity index is 1240. The monoisotopic (exact) mass is 353 g/mol. The van der Waals surface area contributed by atoms with Crippen molar-refractivity contribution in [2.75, 3.05) is 0 Å². The number of nitrogens with zero attached hydrogens (tertiary/aromatic N) is 3. The van der Waals surface area contributed by atoms with Gasteiger partial charge >= 0.3 is 5.69 Å². The zero-order valence-electron chi connectivity index (χ0n) is 15.3. The Morgan fingerprint density at radius 3 is 2.44 bits per heavy atom. The second kappa shape index (κ2) is 6.62. The lowest BCUT2D eigenvalue weighted by Gasteiger charge is -2.07. The molecule has 0 fully saturated rings. The smallest absolute Gasteiger partial charge is 0.295 e. The summed E-state index contributed by atoms with van der Waals surface area (Å²) >= 11 is 0. The quantitative estimate of drug-likeness (QED) is 0.553. The van der Waals surface area contributed by atoms with Crippen LogP contribution in [0.5, 0.6) is 0 Å². The first-order chi connectivity index (χ1) is 13.1. The van der Waals surface area contributed by atoms with Gasteiger partial charge in [0, 0.05) is 7.05 Å². The minimum Gasteiger partial charge on any atom is -0.295 e. The molecule has 132 valence electrons. The number of aryl methyl sites for hydroxylation is 2. The lowest BCUT2D eigenvalue weighted by molar-refractivity contribution is 0.736. The van der Waals surface area contributed by atoms with E-state index < -0.39 is 0 Å². The first-order valence-corrected chi connectivity index (χ1v) is 8.83. The molecular formula is C23H19N3O. The molecule has 0 aliphatic carbocycles. The zero-order chi connectivity index (χ0) is 19.0. The minimum absolute atomic E-state index is 0.0451. The Morgan fingerprint density at radius 2 is 1.70 bits per heavy atom. The van der Waals surface area contributed by atoms with Gasteiger partial charge in [0.05, 0.1) is 29.2 Å². The van der Waals surface area contributed by atoms with Crippen molar-refractivity contribution in [3.8, 4) is 17.2 Å². The van der Waals surface area contributed by atoms with Crippen LogP contribution in [0.25, 0.3) is 22.2 Å². The van der Waals surface area contributed by atoms with E-state index in [0.717, 1.165) is 27.7 Å². The summed E-state index contributed by atoms with van der Waals surface area (Å²) < 4.78 is 3.46. The number of hydrogen-bond donors (Lipinski definition) is 0. The third-order valence-corrected chi connectivity index (χ3v) is 4.97. The molecule has 0 bridgehead atoms. The average molecular weight is 353 g/mol.